The molecule has 0 bridgehead atoms. The third-order valence-corrected chi connectivity index (χ3v) is 3.52. The molecular weight excluding hydrogens is 272 g/mol. The topological polar surface area (TPSA) is 56.7 Å². The summed E-state index contributed by atoms with van der Waals surface area (Å²) in [5.74, 6) is 0.771. The third-order valence-electron chi connectivity index (χ3n) is 3.22. The monoisotopic (exact) mass is 286 g/mol. The summed E-state index contributed by atoms with van der Waals surface area (Å²) in [5, 5.41) is 0.698. The first kappa shape index (κ1) is 12.9. The number of hydrogen-bond acceptors (Lipinski definition) is 3. The highest BCUT2D eigenvalue weighted by Gasteiger charge is 2.16. The van der Waals surface area contributed by atoms with Crippen LogP contribution in [0.2, 0.25) is 5.02 Å². The summed E-state index contributed by atoms with van der Waals surface area (Å²) in [6, 6.07) is 9.39. The molecule has 2 heterocycles. The maximum Gasteiger partial charge on any atom is 0.161 e. The van der Waals surface area contributed by atoms with Crippen molar-refractivity contribution < 1.29 is 0 Å². The number of hydrogen-bond donors (Lipinski definition) is 1. The molecule has 0 aliphatic heterocycles. The molecule has 1 aromatic carbocycles. The number of pyridine rings is 1. The molecule has 4 nitrogen and oxygen atoms in total. The van der Waals surface area contributed by atoms with Crippen LogP contribution in [0.3, 0.4) is 0 Å². The van der Waals surface area contributed by atoms with Crippen molar-refractivity contribution in [1.29, 1.82) is 0 Å². The van der Waals surface area contributed by atoms with Gasteiger partial charge in [0.2, 0.25) is 0 Å². The van der Waals surface area contributed by atoms with Crippen LogP contribution in [0, 0.1) is 0 Å². The maximum absolute atomic E-state index is 6.33. The highest BCUT2D eigenvalue weighted by molar-refractivity contribution is 6.35. The number of anilines is 1. The standard InChI is InChI=1S/C15H15ClN4/c1-2-9-20-14-10(16)5-3-7-12(14)19-15(20)13-11(17)6-4-8-18-13/h3-8H,2,9,17H2,1H3. The number of benzene rings is 1. The van der Waals surface area contributed by atoms with E-state index in [1.165, 1.54) is 0 Å². The highest BCUT2D eigenvalue weighted by atomic mass is 35.5. The first-order chi connectivity index (χ1) is 9.72. The second-order valence-electron chi connectivity index (χ2n) is 4.64. The number of fused-ring (bicyclic) bond motifs is 1. The van der Waals surface area contributed by atoms with Gasteiger partial charge in [0.15, 0.2) is 5.82 Å². The number of nitrogen functional groups attached to an aromatic ring is 1. The molecule has 0 amide bonds. The summed E-state index contributed by atoms with van der Waals surface area (Å²) >= 11 is 6.33. The van der Waals surface area contributed by atoms with Crippen molar-refractivity contribution in [3.05, 3.63) is 41.6 Å². The Morgan fingerprint density at radius 1 is 1.25 bits per heavy atom. The molecule has 0 aliphatic carbocycles. The molecule has 0 aliphatic rings. The van der Waals surface area contributed by atoms with Crippen LogP contribution >= 0.6 is 11.6 Å². The van der Waals surface area contributed by atoms with E-state index >= 15 is 0 Å². The Morgan fingerprint density at radius 2 is 2.10 bits per heavy atom. The Kier molecular flexibility index (Phi) is 3.32. The van der Waals surface area contributed by atoms with E-state index in [-0.39, 0.29) is 0 Å². The number of aromatic nitrogens is 3. The van der Waals surface area contributed by atoms with Gasteiger partial charge < -0.3 is 10.3 Å². The van der Waals surface area contributed by atoms with Gasteiger partial charge in [-0.25, -0.2) is 4.98 Å². The van der Waals surface area contributed by atoms with Gasteiger partial charge in [-0.15, -0.1) is 0 Å². The number of halogens is 1. The normalized spacial score (nSPS) is 11.1. The summed E-state index contributed by atoms with van der Waals surface area (Å²) in [6.45, 7) is 2.94. The van der Waals surface area contributed by atoms with Crippen molar-refractivity contribution in [2.24, 2.45) is 0 Å². The number of aryl methyl sites for hydroxylation is 1. The molecule has 20 heavy (non-hydrogen) atoms. The van der Waals surface area contributed by atoms with E-state index in [1.54, 1.807) is 6.20 Å². The van der Waals surface area contributed by atoms with Crippen molar-refractivity contribution in [1.82, 2.24) is 14.5 Å². The van der Waals surface area contributed by atoms with Crippen LogP contribution in [0.25, 0.3) is 22.6 Å². The van der Waals surface area contributed by atoms with Crippen LogP contribution in [-0.2, 0) is 6.54 Å². The van der Waals surface area contributed by atoms with Crippen LogP contribution in [0.5, 0.6) is 0 Å². The van der Waals surface area contributed by atoms with Crippen LogP contribution < -0.4 is 5.73 Å². The van der Waals surface area contributed by atoms with Crippen LogP contribution in [0.4, 0.5) is 5.69 Å². The molecule has 2 N–H and O–H groups in total. The average molecular weight is 287 g/mol. The molecule has 2 aromatic heterocycles. The first-order valence-electron chi connectivity index (χ1n) is 6.58. The summed E-state index contributed by atoms with van der Waals surface area (Å²) in [6.07, 6.45) is 2.71. The lowest BCUT2D eigenvalue weighted by Crippen LogP contribution is -2.03. The Morgan fingerprint density at radius 3 is 2.85 bits per heavy atom. The first-order valence-corrected chi connectivity index (χ1v) is 6.95. The van der Waals surface area contributed by atoms with E-state index in [9.17, 15) is 0 Å². The van der Waals surface area contributed by atoms with Crippen molar-refractivity contribution in [2.75, 3.05) is 5.73 Å². The minimum absolute atomic E-state index is 0.622. The molecule has 0 atom stereocenters. The largest absolute Gasteiger partial charge is 0.397 e. The molecule has 3 aromatic rings. The molecule has 0 radical (unpaired) electrons. The fourth-order valence-electron chi connectivity index (χ4n) is 2.37. The van der Waals surface area contributed by atoms with E-state index in [2.05, 4.69) is 21.5 Å². The number of nitrogens with zero attached hydrogens (tertiary/aromatic N) is 3. The van der Waals surface area contributed by atoms with Gasteiger partial charge >= 0.3 is 0 Å². The van der Waals surface area contributed by atoms with Gasteiger partial charge in [0.05, 0.1) is 21.7 Å². The quantitative estimate of drug-likeness (QED) is 0.798. The maximum atomic E-state index is 6.33. The van der Waals surface area contributed by atoms with E-state index in [4.69, 9.17) is 17.3 Å². The summed E-state index contributed by atoms with van der Waals surface area (Å²) in [7, 11) is 0. The van der Waals surface area contributed by atoms with E-state index in [0.29, 0.717) is 16.4 Å². The second-order valence-corrected chi connectivity index (χ2v) is 5.04. The highest BCUT2D eigenvalue weighted by Crippen LogP contribution is 2.31. The van der Waals surface area contributed by atoms with Gasteiger partial charge in [0.25, 0.3) is 0 Å². The SMILES string of the molecule is CCCn1c(-c2ncccc2N)nc2cccc(Cl)c21. The lowest BCUT2D eigenvalue weighted by molar-refractivity contribution is 0.703. The fourth-order valence-corrected chi connectivity index (χ4v) is 2.64. The molecule has 102 valence electrons. The van der Waals surface area contributed by atoms with E-state index in [0.717, 1.165) is 29.8 Å². The van der Waals surface area contributed by atoms with Gasteiger partial charge in [0.1, 0.15) is 5.69 Å². The number of rotatable bonds is 3. The van der Waals surface area contributed by atoms with Crippen LogP contribution in [-0.4, -0.2) is 14.5 Å². The molecule has 0 unspecified atom stereocenters. The minimum Gasteiger partial charge on any atom is -0.397 e. The van der Waals surface area contributed by atoms with Gasteiger partial charge in [-0.1, -0.05) is 24.6 Å². The Hall–Kier alpha value is -2.07. The van der Waals surface area contributed by atoms with Gasteiger partial charge in [-0.05, 0) is 30.7 Å². The molecule has 5 heteroatoms. The van der Waals surface area contributed by atoms with Crippen molar-refractivity contribution in [3.8, 4) is 11.5 Å². The molecular formula is C15H15ClN4. The molecule has 3 rings (SSSR count). The zero-order valence-electron chi connectivity index (χ0n) is 11.2. The predicted octanol–water partition coefficient (Wildman–Crippen LogP) is 3.74. The Balaban J connectivity index is 2.33. The van der Waals surface area contributed by atoms with Crippen molar-refractivity contribution in [3.63, 3.8) is 0 Å². The summed E-state index contributed by atoms with van der Waals surface area (Å²) < 4.78 is 2.09. The molecule has 0 spiro atoms. The lowest BCUT2D eigenvalue weighted by atomic mass is 10.3. The van der Waals surface area contributed by atoms with Crippen molar-refractivity contribution >= 4 is 28.3 Å². The molecule has 0 fully saturated rings. The second kappa shape index (κ2) is 5.13. The summed E-state index contributed by atoms with van der Waals surface area (Å²) in [4.78, 5) is 9.02. The summed E-state index contributed by atoms with van der Waals surface area (Å²) in [5.41, 5.74) is 9.16. The molecule has 0 saturated carbocycles. The predicted molar refractivity (Wildman–Crippen MR) is 82.7 cm³/mol. The Bertz CT molecular complexity index is 764. The van der Waals surface area contributed by atoms with Crippen LogP contribution in [0.1, 0.15) is 13.3 Å². The van der Waals surface area contributed by atoms with Gasteiger partial charge in [0, 0.05) is 12.7 Å². The number of imidazole rings is 1. The van der Waals surface area contributed by atoms with Crippen molar-refractivity contribution in [2.45, 2.75) is 19.9 Å². The molecule has 0 saturated heterocycles. The average Bonchev–Trinajstić information content (AvgIpc) is 2.80. The van der Waals surface area contributed by atoms with Crippen LogP contribution in [0.15, 0.2) is 36.5 Å². The fraction of sp³-hybridized carbons (Fsp3) is 0.200. The van der Waals surface area contributed by atoms with Gasteiger partial charge in [-0.2, -0.15) is 0 Å². The number of para-hydroxylation sites is 1. The van der Waals surface area contributed by atoms with Gasteiger partial charge in [-0.3, -0.25) is 4.98 Å². The lowest BCUT2D eigenvalue weighted by Gasteiger charge is -2.09. The zero-order valence-corrected chi connectivity index (χ0v) is 11.9. The van der Waals surface area contributed by atoms with E-state index < -0.39 is 0 Å². The number of nitrogens with two attached hydrogens (primary N) is 1. The Labute approximate surface area is 122 Å². The third kappa shape index (κ3) is 2.02. The van der Waals surface area contributed by atoms with E-state index in [1.807, 2.05) is 30.3 Å². The smallest absolute Gasteiger partial charge is 0.161 e. The zero-order chi connectivity index (χ0) is 14.1. The minimum atomic E-state index is 0.622.